The number of aromatic amines is 2. The maximum atomic E-state index is 4.97. The molecule has 0 aliphatic carbocycles. The largest absolute Gasteiger partial charge is 0.382 e. The van der Waals surface area contributed by atoms with Gasteiger partial charge in [-0.3, -0.25) is 20.1 Å². The van der Waals surface area contributed by atoms with Gasteiger partial charge in [0.25, 0.3) is 0 Å². The first-order valence-corrected chi connectivity index (χ1v) is 11.9. The van der Waals surface area contributed by atoms with E-state index in [-0.39, 0.29) is 0 Å². The molecular formula is C25H28N10. The van der Waals surface area contributed by atoms with Gasteiger partial charge in [-0.25, -0.2) is 4.98 Å². The molecule has 35 heavy (non-hydrogen) atoms. The average molecular weight is 469 g/mol. The zero-order valence-corrected chi connectivity index (χ0v) is 20.1. The van der Waals surface area contributed by atoms with Crippen LogP contribution in [0.2, 0.25) is 0 Å². The summed E-state index contributed by atoms with van der Waals surface area (Å²) < 4.78 is 0. The summed E-state index contributed by atoms with van der Waals surface area (Å²) in [5, 5.41) is 12.0. The number of aromatic nitrogens is 7. The van der Waals surface area contributed by atoms with E-state index in [1.165, 1.54) is 0 Å². The van der Waals surface area contributed by atoms with E-state index in [0.717, 1.165) is 76.4 Å². The molecule has 10 nitrogen and oxygen atoms in total. The molecule has 1 aliphatic rings. The quantitative estimate of drug-likeness (QED) is 0.359. The van der Waals surface area contributed by atoms with Gasteiger partial charge in [-0.15, -0.1) is 0 Å². The van der Waals surface area contributed by atoms with Gasteiger partial charge in [-0.1, -0.05) is 0 Å². The molecule has 10 heteroatoms. The molecule has 0 amide bonds. The number of fused-ring (bicyclic) bond motifs is 2. The van der Waals surface area contributed by atoms with Crippen molar-refractivity contribution in [3.63, 3.8) is 0 Å². The third kappa shape index (κ3) is 4.06. The minimum atomic E-state index is 0.321. The highest BCUT2D eigenvalue weighted by Crippen LogP contribution is 2.32. The summed E-state index contributed by atoms with van der Waals surface area (Å²) in [7, 11) is 2.15. The van der Waals surface area contributed by atoms with E-state index in [1.807, 2.05) is 37.1 Å². The Morgan fingerprint density at radius 1 is 0.943 bits per heavy atom. The number of hydrogen-bond donors (Lipinski definition) is 3. The fourth-order valence-corrected chi connectivity index (χ4v) is 4.56. The van der Waals surface area contributed by atoms with E-state index in [4.69, 9.17) is 4.98 Å². The lowest BCUT2D eigenvalue weighted by Gasteiger charge is -2.33. The van der Waals surface area contributed by atoms with E-state index >= 15 is 0 Å². The smallest absolute Gasteiger partial charge is 0.159 e. The second kappa shape index (κ2) is 8.62. The number of nitrogens with zero attached hydrogens (tertiary/aromatic N) is 7. The van der Waals surface area contributed by atoms with Gasteiger partial charge in [-0.2, -0.15) is 5.10 Å². The number of rotatable bonds is 5. The van der Waals surface area contributed by atoms with E-state index in [9.17, 15) is 0 Å². The van der Waals surface area contributed by atoms with E-state index in [2.05, 4.69) is 72.2 Å². The molecule has 0 radical (unpaired) electrons. The normalized spacial score (nSPS) is 14.9. The predicted molar refractivity (Wildman–Crippen MR) is 138 cm³/mol. The van der Waals surface area contributed by atoms with Crippen molar-refractivity contribution in [1.29, 1.82) is 0 Å². The summed E-state index contributed by atoms with van der Waals surface area (Å²) in [5.41, 5.74) is 7.22. The van der Waals surface area contributed by atoms with Gasteiger partial charge in [0.15, 0.2) is 5.82 Å². The molecule has 6 heterocycles. The second-order valence-corrected chi connectivity index (χ2v) is 9.38. The first-order valence-electron chi connectivity index (χ1n) is 11.9. The van der Waals surface area contributed by atoms with Crippen molar-refractivity contribution >= 4 is 33.3 Å². The lowest BCUT2D eigenvalue weighted by Crippen LogP contribution is -2.44. The zero-order chi connectivity index (χ0) is 23.9. The fraction of sp³-hybridized carbons (Fsp3) is 0.320. The molecule has 6 rings (SSSR count). The van der Waals surface area contributed by atoms with Crippen LogP contribution in [0.15, 0.2) is 43.1 Å². The Labute approximate surface area is 202 Å². The molecule has 1 fully saturated rings. The van der Waals surface area contributed by atoms with Gasteiger partial charge in [0, 0.05) is 55.6 Å². The summed E-state index contributed by atoms with van der Waals surface area (Å²) in [4.78, 5) is 26.6. The minimum Gasteiger partial charge on any atom is -0.382 e. The maximum absolute atomic E-state index is 4.97. The summed E-state index contributed by atoms with van der Waals surface area (Å²) in [6.45, 7) is 8.17. The first-order chi connectivity index (χ1) is 17.0. The number of pyridine rings is 3. The minimum absolute atomic E-state index is 0.321. The zero-order valence-electron chi connectivity index (χ0n) is 20.1. The summed E-state index contributed by atoms with van der Waals surface area (Å²) in [6.07, 6.45) is 9.20. The Hall–Kier alpha value is -4.05. The van der Waals surface area contributed by atoms with E-state index < -0.39 is 0 Å². The molecule has 0 bridgehead atoms. The van der Waals surface area contributed by atoms with Crippen LogP contribution in [0.1, 0.15) is 13.8 Å². The first kappa shape index (κ1) is 21.5. The second-order valence-electron chi connectivity index (χ2n) is 9.38. The summed E-state index contributed by atoms with van der Waals surface area (Å²) in [5.74, 6) is 0.708. The average Bonchev–Trinajstić information content (AvgIpc) is 3.48. The van der Waals surface area contributed by atoms with Crippen LogP contribution in [0.5, 0.6) is 0 Å². The van der Waals surface area contributed by atoms with Gasteiger partial charge < -0.3 is 20.1 Å². The van der Waals surface area contributed by atoms with Crippen LogP contribution in [0, 0.1) is 0 Å². The Morgan fingerprint density at radius 2 is 1.77 bits per heavy atom. The molecule has 0 aromatic carbocycles. The van der Waals surface area contributed by atoms with Crippen LogP contribution in [-0.4, -0.2) is 79.3 Å². The highest BCUT2D eigenvalue weighted by molar-refractivity contribution is 5.96. The molecule has 5 aromatic rings. The molecular weight excluding hydrogens is 440 g/mol. The molecule has 3 N–H and O–H groups in total. The highest BCUT2D eigenvalue weighted by Gasteiger charge is 2.20. The van der Waals surface area contributed by atoms with E-state index in [0.29, 0.717) is 11.9 Å². The molecule has 0 saturated carbocycles. The number of anilines is 2. The number of H-pyrrole nitrogens is 2. The third-order valence-corrected chi connectivity index (χ3v) is 6.38. The van der Waals surface area contributed by atoms with Crippen molar-refractivity contribution in [3.05, 3.63) is 43.1 Å². The van der Waals surface area contributed by atoms with Crippen LogP contribution in [0.3, 0.4) is 0 Å². The maximum Gasteiger partial charge on any atom is 0.159 e. The molecule has 5 aromatic heterocycles. The SMILES string of the molecule is CC(C)Nc1cncc(-c2cc3c(-c4nc5c(N6CCN(C)CC6)cncc5[nH]4)n[nH]c3cn2)c1. The molecule has 1 aliphatic heterocycles. The highest BCUT2D eigenvalue weighted by atomic mass is 15.3. The lowest BCUT2D eigenvalue weighted by atomic mass is 10.1. The van der Waals surface area contributed by atoms with Crippen LogP contribution in [0.4, 0.5) is 11.4 Å². The molecule has 0 spiro atoms. The topological polar surface area (TPSA) is 115 Å². The Bertz CT molecular complexity index is 1490. The molecule has 0 unspecified atom stereocenters. The van der Waals surface area contributed by atoms with Crippen molar-refractivity contribution in [3.8, 4) is 22.8 Å². The van der Waals surface area contributed by atoms with Gasteiger partial charge in [0.2, 0.25) is 0 Å². The number of hydrogen-bond acceptors (Lipinski definition) is 8. The van der Waals surface area contributed by atoms with Crippen molar-refractivity contribution in [2.75, 3.05) is 43.4 Å². The lowest BCUT2D eigenvalue weighted by molar-refractivity contribution is 0.313. The van der Waals surface area contributed by atoms with Crippen LogP contribution in [0.25, 0.3) is 44.7 Å². The monoisotopic (exact) mass is 468 g/mol. The number of likely N-dealkylation sites (N-methyl/N-ethyl adjacent to an activating group) is 1. The van der Waals surface area contributed by atoms with Crippen molar-refractivity contribution in [2.45, 2.75) is 19.9 Å². The third-order valence-electron chi connectivity index (χ3n) is 6.38. The molecule has 0 atom stereocenters. The number of nitrogens with one attached hydrogen (secondary N) is 3. The van der Waals surface area contributed by atoms with Gasteiger partial charge >= 0.3 is 0 Å². The van der Waals surface area contributed by atoms with Crippen LogP contribution in [-0.2, 0) is 0 Å². The van der Waals surface area contributed by atoms with Crippen LogP contribution >= 0.6 is 0 Å². The number of imidazole rings is 1. The predicted octanol–water partition coefficient (Wildman–Crippen LogP) is 3.53. The Morgan fingerprint density at radius 3 is 2.60 bits per heavy atom. The van der Waals surface area contributed by atoms with Gasteiger partial charge in [0.1, 0.15) is 11.2 Å². The number of piperazine rings is 1. The Kier molecular flexibility index (Phi) is 5.29. The van der Waals surface area contributed by atoms with Crippen molar-refractivity contribution in [2.24, 2.45) is 0 Å². The van der Waals surface area contributed by atoms with Crippen LogP contribution < -0.4 is 10.2 Å². The van der Waals surface area contributed by atoms with E-state index in [1.54, 1.807) is 0 Å². The summed E-state index contributed by atoms with van der Waals surface area (Å²) >= 11 is 0. The Balaban J connectivity index is 1.39. The van der Waals surface area contributed by atoms with Gasteiger partial charge in [0.05, 0.1) is 46.7 Å². The molecule has 178 valence electrons. The standard InChI is InChI=1S/C25H28N10/c1-15(2)29-17-8-16(10-26-11-17)19-9-18-20(13-28-19)32-33-23(18)25-30-21-12-27-14-22(24(21)31-25)35-6-4-34(3)5-7-35/h8-15,29H,4-7H2,1-3H3,(H,30,31)(H,32,33). The fourth-order valence-electron chi connectivity index (χ4n) is 4.56. The molecule has 1 saturated heterocycles. The van der Waals surface area contributed by atoms with Crippen molar-refractivity contribution in [1.82, 2.24) is 40.0 Å². The van der Waals surface area contributed by atoms with Crippen molar-refractivity contribution < 1.29 is 0 Å². The van der Waals surface area contributed by atoms with Gasteiger partial charge in [-0.05, 0) is 33.0 Å². The summed E-state index contributed by atoms with van der Waals surface area (Å²) in [6, 6.07) is 4.43.